The molecule has 0 aliphatic carbocycles. The number of carbonyl (C=O) groups excluding carboxylic acids is 1. The Morgan fingerprint density at radius 1 is 0.967 bits per heavy atom. The number of pyridine rings is 1. The number of likely N-dealkylation sites (tertiary alicyclic amines) is 2. The van der Waals surface area contributed by atoms with E-state index >= 15 is 0 Å². The van der Waals surface area contributed by atoms with Gasteiger partial charge in [0, 0.05) is 30.9 Å². The molecule has 5 rings (SSSR count). The lowest BCUT2D eigenvalue weighted by atomic mass is 9.70. The average Bonchev–Trinajstić information content (AvgIpc) is 3.49. The van der Waals surface area contributed by atoms with Crippen LogP contribution in [-0.2, 0) is 10.2 Å². The van der Waals surface area contributed by atoms with Gasteiger partial charge in [-0.25, -0.2) is 4.98 Å². The van der Waals surface area contributed by atoms with Crippen molar-refractivity contribution in [3.63, 3.8) is 0 Å². The van der Waals surface area contributed by atoms with Crippen LogP contribution in [0.25, 0.3) is 5.65 Å². The van der Waals surface area contributed by atoms with E-state index in [1.807, 2.05) is 12.1 Å². The summed E-state index contributed by atoms with van der Waals surface area (Å²) in [6.07, 6.45) is 8.46. The smallest absolute Gasteiger partial charge is 0.239 e. The predicted molar refractivity (Wildman–Crippen MR) is 118 cm³/mol. The topological polar surface area (TPSA) is 40.9 Å². The van der Waals surface area contributed by atoms with Gasteiger partial charge in [0.2, 0.25) is 5.91 Å². The van der Waals surface area contributed by atoms with E-state index in [0.29, 0.717) is 0 Å². The minimum absolute atomic E-state index is 0.00748. The van der Waals surface area contributed by atoms with Gasteiger partial charge in [-0.05, 0) is 63.4 Å². The first-order valence-corrected chi connectivity index (χ1v) is 11.2. The second-order valence-corrected chi connectivity index (χ2v) is 8.78. The molecule has 0 spiro atoms. The highest BCUT2D eigenvalue weighted by atomic mass is 16.2. The molecular formula is C25H30N4O. The van der Waals surface area contributed by atoms with Gasteiger partial charge < -0.3 is 9.30 Å². The summed E-state index contributed by atoms with van der Waals surface area (Å²) in [4.78, 5) is 22.6. The van der Waals surface area contributed by atoms with Crippen molar-refractivity contribution in [1.82, 2.24) is 19.2 Å². The number of hydrogen-bond acceptors (Lipinski definition) is 3. The van der Waals surface area contributed by atoms with Crippen LogP contribution in [0, 0.1) is 0 Å². The van der Waals surface area contributed by atoms with E-state index in [2.05, 4.69) is 69.9 Å². The molecule has 0 N–H and O–H groups in total. The van der Waals surface area contributed by atoms with Crippen LogP contribution in [0.1, 0.15) is 43.9 Å². The normalized spacial score (nSPS) is 20.5. The summed E-state index contributed by atoms with van der Waals surface area (Å²) < 4.78 is 2.10. The third kappa shape index (κ3) is 3.31. The van der Waals surface area contributed by atoms with Crippen molar-refractivity contribution in [2.24, 2.45) is 0 Å². The second kappa shape index (κ2) is 7.88. The van der Waals surface area contributed by atoms with Crippen LogP contribution in [-0.4, -0.2) is 57.3 Å². The van der Waals surface area contributed by atoms with Crippen molar-refractivity contribution in [3.05, 3.63) is 72.2 Å². The van der Waals surface area contributed by atoms with Gasteiger partial charge in [-0.2, -0.15) is 0 Å². The lowest BCUT2D eigenvalue weighted by Gasteiger charge is -2.42. The number of hydrogen-bond donors (Lipinski definition) is 0. The molecule has 4 heterocycles. The Morgan fingerprint density at radius 2 is 1.67 bits per heavy atom. The van der Waals surface area contributed by atoms with Gasteiger partial charge in [-0.3, -0.25) is 9.69 Å². The maximum Gasteiger partial charge on any atom is 0.239 e. The van der Waals surface area contributed by atoms with E-state index in [1.165, 1.54) is 18.4 Å². The first-order valence-electron chi connectivity index (χ1n) is 11.2. The van der Waals surface area contributed by atoms with Crippen molar-refractivity contribution in [2.45, 2.75) is 44.1 Å². The van der Waals surface area contributed by atoms with Crippen LogP contribution in [0.2, 0.25) is 0 Å². The number of imidazole rings is 1. The van der Waals surface area contributed by atoms with Crippen molar-refractivity contribution in [2.75, 3.05) is 26.2 Å². The number of carbonyl (C=O) groups is 1. The lowest BCUT2D eigenvalue weighted by Crippen LogP contribution is -2.51. The minimum Gasteiger partial charge on any atom is -0.341 e. The third-order valence-corrected chi connectivity index (χ3v) is 7.16. The Morgan fingerprint density at radius 3 is 2.37 bits per heavy atom. The summed E-state index contributed by atoms with van der Waals surface area (Å²) in [5.74, 6) is 0.286. The van der Waals surface area contributed by atoms with Gasteiger partial charge in [-0.1, -0.05) is 36.4 Å². The highest BCUT2D eigenvalue weighted by Crippen LogP contribution is 2.41. The van der Waals surface area contributed by atoms with Gasteiger partial charge in [0.25, 0.3) is 0 Å². The first kappa shape index (κ1) is 19.3. The molecule has 30 heavy (non-hydrogen) atoms. The third-order valence-electron chi connectivity index (χ3n) is 7.16. The van der Waals surface area contributed by atoms with Crippen molar-refractivity contribution < 1.29 is 4.79 Å². The number of benzene rings is 1. The number of rotatable bonds is 4. The fourth-order valence-electron chi connectivity index (χ4n) is 5.27. The Hall–Kier alpha value is -2.66. The molecule has 1 unspecified atom stereocenters. The van der Waals surface area contributed by atoms with Crippen molar-refractivity contribution in [1.29, 1.82) is 0 Å². The van der Waals surface area contributed by atoms with E-state index in [-0.39, 0.29) is 17.4 Å². The van der Waals surface area contributed by atoms with Crippen LogP contribution in [0.5, 0.6) is 0 Å². The summed E-state index contributed by atoms with van der Waals surface area (Å²) in [6.45, 7) is 5.74. The molecule has 1 atom stereocenters. The molecule has 2 aliphatic rings. The minimum atomic E-state index is -0.152. The maximum atomic E-state index is 13.2. The highest BCUT2D eigenvalue weighted by molar-refractivity contribution is 5.81. The van der Waals surface area contributed by atoms with Gasteiger partial charge in [0.15, 0.2) is 0 Å². The fraction of sp³-hybridized carbons (Fsp3) is 0.440. The molecule has 2 fully saturated rings. The second-order valence-electron chi connectivity index (χ2n) is 8.78. The average molecular weight is 403 g/mol. The molecule has 156 valence electrons. The van der Waals surface area contributed by atoms with Crippen LogP contribution in [0.3, 0.4) is 0 Å². The molecule has 0 radical (unpaired) electrons. The Labute approximate surface area is 178 Å². The molecule has 5 heteroatoms. The summed E-state index contributed by atoms with van der Waals surface area (Å²) in [7, 11) is 0. The summed E-state index contributed by atoms with van der Waals surface area (Å²) >= 11 is 0. The number of fused-ring (bicyclic) bond motifs is 1. The molecule has 0 saturated carbocycles. The zero-order valence-electron chi connectivity index (χ0n) is 17.7. The number of piperidine rings is 1. The number of nitrogens with zero attached hydrogens (tertiary/aromatic N) is 4. The lowest BCUT2D eigenvalue weighted by molar-refractivity contribution is -0.137. The Balaban J connectivity index is 1.43. The molecular weight excluding hydrogens is 372 g/mol. The Kier molecular flexibility index (Phi) is 5.07. The van der Waals surface area contributed by atoms with Gasteiger partial charge in [0.05, 0.1) is 11.7 Å². The number of amides is 1. The predicted octanol–water partition coefficient (Wildman–Crippen LogP) is 3.73. The van der Waals surface area contributed by atoms with Gasteiger partial charge >= 0.3 is 0 Å². The van der Waals surface area contributed by atoms with Gasteiger partial charge in [0.1, 0.15) is 5.65 Å². The van der Waals surface area contributed by atoms with E-state index in [1.54, 1.807) is 0 Å². The fourth-order valence-corrected chi connectivity index (χ4v) is 5.27. The molecule has 2 saturated heterocycles. The van der Waals surface area contributed by atoms with Gasteiger partial charge in [-0.15, -0.1) is 0 Å². The Bertz CT molecular complexity index is 981. The van der Waals surface area contributed by atoms with Crippen LogP contribution in [0.4, 0.5) is 0 Å². The molecule has 5 nitrogen and oxygen atoms in total. The van der Waals surface area contributed by atoms with Crippen molar-refractivity contribution in [3.8, 4) is 0 Å². The summed E-state index contributed by atoms with van der Waals surface area (Å²) in [5, 5.41) is 0. The molecule has 2 aromatic heterocycles. The van der Waals surface area contributed by atoms with E-state index in [4.69, 9.17) is 4.98 Å². The maximum absolute atomic E-state index is 13.2. The van der Waals surface area contributed by atoms with Crippen LogP contribution in [0.15, 0.2) is 60.9 Å². The highest BCUT2D eigenvalue weighted by Gasteiger charge is 2.42. The standard InChI is InChI=1S/C25H30N4O/c1-20(27-14-7-8-15-27)24(30)28-17-12-25(13-18-28,21-9-3-2-4-10-21)22-19-29-16-6-5-11-23(29)26-22/h2-6,9-11,16,19-20H,7-8,12-15,17-18H2,1H3. The van der Waals surface area contributed by atoms with Crippen LogP contribution >= 0.6 is 0 Å². The van der Waals surface area contributed by atoms with E-state index in [9.17, 15) is 4.79 Å². The van der Waals surface area contributed by atoms with Crippen LogP contribution < -0.4 is 0 Å². The molecule has 1 amide bonds. The SMILES string of the molecule is CC(C(=O)N1CCC(c2ccccc2)(c2cn3ccccc3n2)CC1)N1CCCC1. The monoisotopic (exact) mass is 402 g/mol. The quantitative estimate of drug-likeness (QED) is 0.668. The molecule has 0 bridgehead atoms. The van der Waals surface area contributed by atoms with E-state index < -0.39 is 0 Å². The largest absolute Gasteiger partial charge is 0.341 e. The molecule has 1 aromatic carbocycles. The summed E-state index contributed by atoms with van der Waals surface area (Å²) in [5.41, 5.74) is 3.23. The zero-order chi connectivity index (χ0) is 20.6. The number of aromatic nitrogens is 2. The first-order chi connectivity index (χ1) is 14.7. The zero-order valence-corrected chi connectivity index (χ0v) is 17.7. The summed E-state index contributed by atoms with van der Waals surface area (Å²) in [6, 6.07) is 16.8. The van der Waals surface area contributed by atoms with E-state index in [0.717, 1.165) is 50.4 Å². The molecule has 3 aromatic rings. The van der Waals surface area contributed by atoms with Crippen molar-refractivity contribution >= 4 is 11.6 Å². The molecule has 2 aliphatic heterocycles.